The average Bonchev–Trinajstić information content (AvgIpc) is 3.48. The fourth-order valence-corrected chi connectivity index (χ4v) is 6.97. The number of likely N-dealkylation sites (N-methyl/N-ethyl adjacent to an activating group) is 1. The molecule has 2 aromatic heterocycles. The number of carbonyl (C=O) groups is 1. The number of rotatable bonds is 7. The van der Waals surface area contributed by atoms with E-state index < -0.39 is 32.7 Å². The molecule has 0 saturated heterocycles. The smallest absolute Gasteiger partial charge is 0.265 e. The van der Waals surface area contributed by atoms with Crippen LogP contribution in [0.25, 0.3) is 16.6 Å². The van der Waals surface area contributed by atoms with Gasteiger partial charge in [0.15, 0.2) is 15.6 Å². The molecule has 0 amide bonds. The molecule has 0 bridgehead atoms. The molecule has 0 radical (unpaired) electrons. The topological polar surface area (TPSA) is 102 Å². The van der Waals surface area contributed by atoms with E-state index in [1.54, 1.807) is 18.2 Å². The maximum atomic E-state index is 15.0. The van der Waals surface area contributed by atoms with E-state index in [2.05, 4.69) is 9.98 Å². The highest BCUT2D eigenvalue weighted by Gasteiger charge is 2.22. The molecule has 0 fully saturated rings. The van der Waals surface area contributed by atoms with Crippen LogP contribution in [0.15, 0.2) is 68.9 Å². The molecule has 5 rings (SSSR count). The summed E-state index contributed by atoms with van der Waals surface area (Å²) in [5, 5.41) is 0.324. The highest BCUT2D eigenvalue weighted by molar-refractivity contribution is 7.94. The molecule has 8 nitrogen and oxygen atoms in total. The highest BCUT2D eigenvalue weighted by Crippen LogP contribution is 2.26. The van der Waals surface area contributed by atoms with Gasteiger partial charge in [-0.2, -0.15) is 0 Å². The van der Waals surface area contributed by atoms with E-state index in [0.29, 0.717) is 27.3 Å². The van der Waals surface area contributed by atoms with Gasteiger partial charge in [-0.3, -0.25) is 19.1 Å². The molecule has 3 heterocycles. The lowest BCUT2D eigenvalue weighted by atomic mass is 10.1. The molecule has 190 valence electrons. The third kappa shape index (κ3) is 5.07. The minimum Gasteiger partial charge on any atom is -0.358 e. The van der Waals surface area contributed by atoms with Crippen LogP contribution in [-0.2, 0) is 21.1 Å². The summed E-state index contributed by atoms with van der Waals surface area (Å²) in [5.74, 6) is -1.21. The maximum absolute atomic E-state index is 15.0. The summed E-state index contributed by atoms with van der Waals surface area (Å²) in [6, 6.07) is 12.0. The lowest BCUT2D eigenvalue weighted by molar-refractivity contribution is -0.116. The predicted molar refractivity (Wildman–Crippen MR) is 141 cm³/mol. The van der Waals surface area contributed by atoms with Crippen LogP contribution in [0.3, 0.4) is 0 Å². The number of ketones is 1. The number of nitrogens with zero attached hydrogens (tertiary/aromatic N) is 4. The van der Waals surface area contributed by atoms with Gasteiger partial charge in [-0.25, -0.2) is 17.8 Å². The minimum absolute atomic E-state index is 0.00549. The normalized spacial score (nSPS) is 13.8. The number of hydrogen-bond acceptors (Lipinski definition) is 8. The van der Waals surface area contributed by atoms with Crippen LogP contribution in [0.5, 0.6) is 0 Å². The van der Waals surface area contributed by atoms with Crippen LogP contribution in [0.2, 0.25) is 4.34 Å². The van der Waals surface area contributed by atoms with E-state index >= 15 is 4.39 Å². The van der Waals surface area contributed by atoms with Crippen molar-refractivity contribution in [1.29, 1.82) is 0 Å². The number of aliphatic imine (C=N–C) groups is 1. The minimum atomic E-state index is -3.83. The summed E-state index contributed by atoms with van der Waals surface area (Å²) in [5.41, 5.74) is 1.14. The number of halogens is 2. The van der Waals surface area contributed by atoms with Crippen molar-refractivity contribution in [2.45, 2.75) is 10.6 Å². The number of amidine groups is 1. The Labute approximate surface area is 220 Å². The number of thiophene rings is 1. The fourth-order valence-electron chi connectivity index (χ4n) is 4.16. The molecule has 0 unspecified atom stereocenters. The molecule has 0 atom stereocenters. The second-order valence-corrected chi connectivity index (χ2v) is 12.5. The zero-order valence-electron chi connectivity index (χ0n) is 19.5. The van der Waals surface area contributed by atoms with E-state index in [1.807, 2.05) is 11.9 Å². The molecule has 2 aromatic carbocycles. The Kier molecular flexibility index (Phi) is 6.69. The van der Waals surface area contributed by atoms with Crippen molar-refractivity contribution in [3.8, 4) is 5.69 Å². The maximum Gasteiger partial charge on any atom is 0.265 e. The van der Waals surface area contributed by atoms with Crippen molar-refractivity contribution in [3.05, 3.63) is 86.5 Å². The summed E-state index contributed by atoms with van der Waals surface area (Å²) < 4.78 is 41.3. The van der Waals surface area contributed by atoms with Gasteiger partial charge in [-0.05, 0) is 42.0 Å². The Morgan fingerprint density at radius 3 is 2.65 bits per heavy atom. The molecule has 0 N–H and O–H groups in total. The first-order chi connectivity index (χ1) is 17.6. The van der Waals surface area contributed by atoms with Gasteiger partial charge in [0.05, 0.1) is 27.5 Å². The summed E-state index contributed by atoms with van der Waals surface area (Å²) in [6.45, 7) is 1.53. The first kappa shape index (κ1) is 25.2. The van der Waals surface area contributed by atoms with Crippen LogP contribution < -0.4 is 5.56 Å². The Hall–Kier alpha value is -3.41. The number of hydrogen-bond donors (Lipinski definition) is 0. The zero-order chi connectivity index (χ0) is 26.3. The Bertz CT molecular complexity index is 1750. The van der Waals surface area contributed by atoms with Crippen LogP contribution in [0.4, 0.5) is 4.39 Å². The molecule has 1 aliphatic heterocycles. The monoisotopic (exact) mass is 558 g/mol. The number of fused-ring (bicyclic) bond motifs is 1. The zero-order valence-corrected chi connectivity index (χ0v) is 21.9. The van der Waals surface area contributed by atoms with Crippen molar-refractivity contribution < 1.29 is 17.6 Å². The molecule has 1 aliphatic rings. The van der Waals surface area contributed by atoms with Crippen molar-refractivity contribution in [2.24, 2.45) is 4.99 Å². The first-order valence-electron chi connectivity index (χ1n) is 11.2. The number of aromatic nitrogens is 2. The summed E-state index contributed by atoms with van der Waals surface area (Å²) in [4.78, 5) is 36.4. The average molecular weight is 559 g/mol. The van der Waals surface area contributed by atoms with Gasteiger partial charge < -0.3 is 4.90 Å². The van der Waals surface area contributed by atoms with Gasteiger partial charge in [-0.15, -0.1) is 11.3 Å². The Morgan fingerprint density at radius 1 is 1.16 bits per heavy atom. The van der Waals surface area contributed by atoms with Crippen LogP contribution >= 0.6 is 22.9 Å². The third-order valence-electron chi connectivity index (χ3n) is 5.95. The second kappa shape index (κ2) is 9.81. The largest absolute Gasteiger partial charge is 0.358 e. The first-order valence-corrected chi connectivity index (χ1v) is 14.0. The van der Waals surface area contributed by atoms with E-state index in [-0.39, 0.29) is 16.3 Å². The van der Waals surface area contributed by atoms with Gasteiger partial charge in [0.2, 0.25) is 0 Å². The second-order valence-electron chi connectivity index (χ2n) is 8.60. The van der Waals surface area contributed by atoms with Crippen LogP contribution in [0.1, 0.15) is 11.1 Å². The molecule has 12 heteroatoms. The van der Waals surface area contributed by atoms with Gasteiger partial charge in [0.25, 0.3) is 5.56 Å². The molecule has 37 heavy (non-hydrogen) atoms. The fraction of sp³-hybridized carbons (Fsp3) is 0.200. The van der Waals surface area contributed by atoms with Gasteiger partial charge in [-0.1, -0.05) is 23.7 Å². The molecule has 4 aromatic rings. The Morgan fingerprint density at radius 2 is 1.97 bits per heavy atom. The van der Waals surface area contributed by atoms with E-state index in [4.69, 9.17) is 11.6 Å². The number of carbonyl (C=O) groups excluding carboxylic acids is 1. The third-order valence-corrected chi connectivity index (χ3v) is 9.44. The van der Waals surface area contributed by atoms with E-state index in [9.17, 15) is 18.0 Å². The molecular weight excluding hydrogens is 539 g/mol. The molecule has 0 aliphatic carbocycles. The van der Waals surface area contributed by atoms with E-state index in [1.165, 1.54) is 30.6 Å². The lowest BCUT2D eigenvalue weighted by Gasteiger charge is -2.14. The molecule has 0 spiro atoms. The Balaban J connectivity index is 1.37. The SMILES string of the molecule is CN1CCN=C1c1ccc2c(=O)n(-c3ccc(CC(=O)CS(=O)(=O)c4ccc(Cl)s4)cc3F)cnc2c1. The quantitative estimate of drug-likeness (QED) is 0.344. The van der Waals surface area contributed by atoms with Crippen molar-refractivity contribution >= 4 is 55.3 Å². The van der Waals surface area contributed by atoms with Crippen LogP contribution in [0, 0.1) is 5.82 Å². The summed E-state index contributed by atoms with van der Waals surface area (Å²) in [6.07, 6.45) is 0.984. The predicted octanol–water partition coefficient (Wildman–Crippen LogP) is 3.52. The molecule has 0 saturated carbocycles. The van der Waals surface area contributed by atoms with Crippen LogP contribution in [-0.4, -0.2) is 60.4 Å². The van der Waals surface area contributed by atoms with Crippen molar-refractivity contribution in [2.75, 3.05) is 25.9 Å². The highest BCUT2D eigenvalue weighted by atomic mass is 35.5. The number of Topliss-reactive ketones (excluding diaryl/α,β-unsaturated/α-hetero) is 1. The molecular formula is C25H20ClFN4O4S2. The summed E-state index contributed by atoms with van der Waals surface area (Å²) in [7, 11) is -1.89. The van der Waals surface area contributed by atoms with Gasteiger partial charge in [0, 0.05) is 25.6 Å². The summed E-state index contributed by atoms with van der Waals surface area (Å²) >= 11 is 6.66. The van der Waals surface area contributed by atoms with Crippen molar-refractivity contribution in [3.63, 3.8) is 0 Å². The number of sulfone groups is 1. The number of benzene rings is 2. The lowest BCUT2D eigenvalue weighted by Crippen LogP contribution is -2.24. The van der Waals surface area contributed by atoms with Gasteiger partial charge in [0.1, 0.15) is 27.9 Å². The van der Waals surface area contributed by atoms with E-state index in [0.717, 1.165) is 39.9 Å². The standard InChI is InChI=1S/C25H20ClFN4O4S2/c1-30-9-8-28-24(30)16-3-4-18-20(12-16)29-14-31(25(18)33)21-5-2-15(11-19(21)27)10-17(32)13-37(34,35)23-7-6-22(26)36-23/h2-7,11-12,14H,8-10,13H2,1H3. The van der Waals surface area contributed by atoms with Gasteiger partial charge >= 0.3 is 0 Å². The van der Waals surface area contributed by atoms with Crippen molar-refractivity contribution in [1.82, 2.24) is 14.5 Å².